The van der Waals surface area contributed by atoms with Crippen LogP contribution in [0.1, 0.15) is 10.4 Å². The Hall–Kier alpha value is -2.08. The number of benzene rings is 1. The Morgan fingerprint density at radius 1 is 1.44 bits per heavy atom. The van der Waals surface area contributed by atoms with E-state index in [1.54, 1.807) is 0 Å². The second-order valence-corrected chi connectivity index (χ2v) is 3.51. The second-order valence-electron chi connectivity index (χ2n) is 3.10. The Labute approximate surface area is 95.8 Å². The van der Waals surface area contributed by atoms with Crippen molar-refractivity contribution in [3.05, 3.63) is 35.4 Å². The molecule has 4 N–H and O–H groups in total. The lowest BCUT2D eigenvalue weighted by atomic mass is 10.1. The molecule has 0 saturated heterocycles. The summed E-state index contributed by atoms with van der Waals surface area (Å²) in [7, 11) is 0. The van der Waals surface area contributed by atoms with Gasteiger partial charge in [-0.3, -0.25) is 4.79 Å². The molecular formula is C9H8ClN5O. The maximum Gasteiger partial charge on any atom is 0.251 e. The largest absolute Gasteiger partial charge is 0.399 e. The van der Waals surface area contributed by atoms with Crippen molar-refractivity contribution in [1.82, 2.24) is 14.8 Å². The molecule has 1 aromatic carbocycles. The van der Waals surface area contributed by atoms with E-state index < -0.39 is 5.91 Å². The van der Waals surface area contributed by atoms with E-state index in [1.165, 1.54) is 29.5 Å². The molecule has 6 nitrogen and oxygen atoms in total. The summed E-state index contributed by atoms with van der Waals surface area (Å²) < 4.78 is 1.36. The van der Waals surface area contributed by atoms with Crippen molar-refractivity contribution in [3.63, 3.8) is 0 Å². The molecule has 0 spiro atoms. The zero-order valence-electron chi connectivity index (χ0n) is 8.09. The van der Waals surface area contributed by atoms with E-state index in [4.69, 9.17) is 23.1 Å². The van der Waals surface area contributed by atoms with Gasteiger partial charge in [-0.05, 0) is 12.1 Å². The van der Waals surface area contributed by atoms with Crippen LogP contribution in [-0.4, -0.2) is 20.7 Å². The smallest absolute Gasteiger partial charge is 0.251 e. The van der Waals surface area contributed by atoms with Gasteiger partial charge in [-0.2, -0.15) is 5.10 Å². The van der Waals surface area contributed by atoms with Gasteiger partial charge in [0.25, 0.3) is 5.91 Å². The van der Waals surface area contributed by atoms with Crippen LogP contribution in [0.5, 0.6) is 0 Å². The predicted molar refractivity (Wildman–Crippen MR) is 59.3 cm³/mol. The number of aromatic nitrogens is 3. The summed E-state index contributed by atoms with van der Waals surface area (Å²) in [6.45, 7) is 0. The average Bonchev–Trinajstić information content (AvgIpc) is 2.69. The van der Waals surface area contributed by atoms with Gasteiger partial charge < -0.3 is 11.5 Å². The van der Waals surface area contributed by atoms with Crippen molar-refractivity contribution < 1.29 is 4.79 Å². The van der Waals surface area contributed by atoms with Crippen LogP contribution in [0.25, 0.3) is 5.69 Å². The van der Waals surface area contributed by atoms with Gasteiger partial charge in [0.15, 0.2) is 0 Å². The molecule has 82 valence electrons. The van der Waals surface area contributed by atoms with E-state index in [2.05, 4.69) is 10.1 Å². The van der Waals surface area contributed by atoms with Gasteiger partial charge in [0, 0.05) is 5.69 Å². The molecule has 0 saturated carbocycles. The van der Waals surface area contributed by atoms with Gasteiger partial charge in [0.2, 0.25) is 0 Å². The van der Waals surface area contributed by atoms with E-state index in [0.29, 0.717) is 16.4 Å². The van der Waals surface area contributed by atoms with Crippen molar-refractivity contribution in [1.29, 1.82) is 0 Å². The average molecular weight is 238 g/mol. The summed E-state index contributed by atoms with van der Waals surface area (Å²) in [6.07, 6.45) is 2.75. The third-order valence-corrected chi connectivity index (χ3v) is 2.29. The SMILES string of the molecule is NC(=O)c1cc(N)cc(Cl)c1-n1cncn1. The number of primary amides is 1. The Morgan fingerprint density at radius 3 is 2.75 bits per heavy atom. The topological polar surface area (TPSA) is 99.8 Å². The van der Waals surface area contributed by atoms with Crippen LogP contribution in [-0.2, 0) is 0 Å². The first-order valence-corrected chi connectivity index (χ1v) is 4.71. The Balaban J connectivity index is 2.72. The highest BCUT2D eigenvalue weighted by Crippen LogP contribution is 2.26. The fourth-order valence-electron chi connectivity index (χ4n) is 1.36. The highest BCUT2D eigenvalue weighted by atomic mass is 35.5. The number of carbonyl (C=O) groups excluding carboxylic acids is 1. The van der Waals surface area contributed by atoms with Crippen LogP contribution in [0, 0.1) is 0 Å². The van der Waals surface area contributed by atoms with Crippen molar-refractivity contribution >= 4 is 23.2 Å². The molecule has 0 fully saturated rings. The Bertz CT molecular complexity index is 537. The number of anilines is 1. The molecular weight excluding hydrogens is 230 g/mol. The maximum absolute atomic E-state index is 11.3. The Kier molecular flexibility index (Phi) is 2.49. The number of nitrogens with zero attached hydrogens (tertiary/aromatic N) is 3. The molecule has 1 aromatic heterocycles. The standard InChI is InChI=1S/C9H8ClN5O/c10-7-2-5(11)1-6(9(12)16)8(7)15-4-13-3-14-15/h1-4H,11H2,(H2,12,16). The minimum absolute atomic E-state index is 0.204. The third-order valence-electron chi connectivity index (χ3n) is 2.00. The van der Waals surface area contributed by atoms with Crippen LogP contribution in [0.3, 0.4) is 0 Å². The van der Waals surface area contributed by atoms with E-state index in [-0.39, 0.29) is 5.56 Å². The zero-order chi connectivity index (χ0) is 11.7. The van der Waals surface area contributed by atoms with Gasteiger partial charge in [0.05, 0.1) is 16.3 Å². The normalized spacial score (nSPS) is 10.3. The summed E-state index contributed by atoms with van der Waals surface area (Å²) in [5.74, 6) is -0.625. The highest BCUT2D eigenvalue weighted by Gasteiger charge is 2.15. The van der Waals surface area contributed by atoms with Crippen LogP contribution in [0.4, 0.5) is 5.69 Å². The molecule has 0 aliphatic heterocycles. The molecule has 0 atom stereocenters. The number of halogens is 1. The zero-order valence-corrected chi connectivity index (χ0v) is 8.85. The van der Waals surface area contributed by atoms with Crippen molar-refractivity contribution in [2.45, 2.75) is 0 Å². The maximum atomic E-state index is 11.3. The Morgan fingerprint density at radius 2 is 2.19 bits per heavy atom. The molecule has 16 heavy (non-hydrogen) atoms. The molecule has 0 radical (unpaired) electrons. The quantitative estimate of drug-likeness (QED) is 0.747. The van der Waals surface area contributed by atoms with E-state index in [0.717, 1.165) is 0 Å². The van der Waals surface area contributed by atoms with Crippen LogP contribution >= 0.6 is 11.6 Å². The third kappa shape index (κ3) is 1.70. The summed E-state index contributed by atoms with van der Waals surface area (Å²) in [4.78, 5) is 15.0. The van der Waals surface area contributed by atoms with Crippen LogP contribution < -0.4 is 11.5 Å². The number of nitrogens with two attached hydrogens (primary N) is 2. The van der Waals surface area contributed by atoms with E-state index >= 15 is 0 Å². The molecule has 0 aliphatic rings. The second kappa shape index (κ2) is 3.82. The van der Waals surface area contributed by atoms with Gasteiger partial charge in [-0.15, -0.1) is 0 Å². The van der Waals surface area contributed by atoms with Gasteiger partial charge in [-0.1, -0.05) is 11.6 Å². The summed E-state index contributed by atoms with van der Waals surface area (Å²) in [5, 5.41) is 4.18. The molecule has 1 heterocycles. The van der Waals surface area contributed by atoms with Crippen LogP contribution in [0.15, 0.2) is 24.8 Å². The molecule has 0 unspecified atom stereocenters. The summed E-state index contributed by atoms with van der Waals surface area (Å²) >= 11 is 5.99. The van der Waals surface area contributed by atoms with E-state index in [1.807, 2.05) is 0 Å². The molecule has 1 amide bonds. The van der Waals surface area contributed by atoms with E-state index in [9.17, 15) is 4.79 Å². The molecule has 2 aromatic rings. The first-order valence-electron chi connectivity index (χ1n) is 4.33. The molecule has 2 rings (SSSR count). The number of hydrogen-bond acceptors (Lipinski definition) is 4. The summed E-state index contributed by atoms with van der Waals surface area (Å²) in [5.41, 5.74) is 11.8. The highest BCUT2D eigenvalue weighted by molar-refractivity contribution is 6.33. The number of rotatable bonds is 2. The van der Waals surface area contributed by atoms with Crippen molar-refractivity contribution in [2.24, 2.45) is 5.73 Å². The van der Waals surface area contributed by atoms with Crippen molar-refractivity contribution in [2.75, 3.05) is 5.73 Å². The summed E-state index contributed by atoms with van der Waals surface area (Å²) in [6, 6.07) is 2.97. The van der Waals surface area contributed by atoms with Crippen LogP contribution in [0.2, 0.25) is 5.02 Å². The molecule has 0 bridgehead atoms. The van der Waals surface area contributed by atoms with Crippen molar-refractivity contribution in [3.8, 4) is 5.69 Å². The lowest BCUT2D eigenvalue weighted by Gasteiger charge is -2.09. The first kappa shape index (κ1) is 10.4. The number of carbonyl (C=O) groups is 1. The fraction of sp³-hybridized carbons (Fsp3) is 0. The predicted octanol–water partition coefficient (Wildman–Crippen LogP) is 0.602. The lowest BCUT2D eigenvalue weighted by molar-refractivity contribution is 0.1000. The number of amides is 1. The first-order chi connectivity index (χ1) is 7.59. The van der Waals surface area contributed by atoms with Gasteiger partial charge in [-0.25, -0.2) is 9.67 Å². The molecule has 7 heteroatoms. The lowest BCUT2D eigenvalue weighted by Crippen LogP contribution is -2.16. The number of nitrogen functional groups attached to an aromatic ring is 1. The van der Waals surface area contributed by atoms with Gasteiger partial charge >= 0.3 is 0 Å². The number of hydrogen-bond donors (Lipinski definition) is 2. The minimum atomic E-state index is -0.625. The monoisotopic (exact) mass is 237 g/mol. The molecule has 0 aliphatic carbocycles. The fourth-order valence-corrected chi connectivity index (χ4v) is 1.68. The van der Waals surface area contributed by atoms with Gasteiger partial charge in [0.1, 0.15) is 12.7 Å². The minimum Gasteiger partial charge on any atom is -0.399 e.